The van der Waals surface area contributed by atoms with Crippen LogP contribution in [-0.2, 0) is 14.3 Å². The van der Waals surface area contributed by atoms with Crippen LogP contribution in [-0.4, -0.2) is 41.9 Å². The number of benzene rings is 1. The number of esters is 1. The highest BCUT2D eigenvalue weighted by Crippen LogP contribution is 2.28. The molecule has 126 valence electrons. The fourth-order valence-electron chi connectivity index (χ4n) is 1.30. The number of alkyl halides is 3. The smallest absolute Gasteiger partial charge is 0.405 e. The van der Waals surface area contributed by atoms with Crippen molar-refractivity contribution in [3.63, 3.8) is 0 Å². The highest BCUT2D eigenvalue weighted by Gasteiger charge is 2.27. The molecule has 0 radical (unpaired) electrons. The van der Waals surface area contributed by atoms with Crippen LogP contribution in [0, 0.1) is 10.1 Å². The molecule has 0 atom stereocenters. The number of thioether (sulfide) groups is 1. The number of rotatable bonds is 7. The van der Waals surface area contributed by atoms with E-state index in [1.165, 1.54) is 23.5 Å². The van der Waals surface area contributed by atoms with Crippen LogP contribution < -0.4 is 5.32 Å². The Bertz CT molecular complexity index is 594. The quantitative estimate of drug-likeness (QED) is 0.348. The van der Waals surface area contributed by atoms with Gasteiger partial charge in [-0.2, -0.15) is 13.2 Å². The topological polar surface area (TPSA) is 98.5 Å². The molecule has 0 bridgehead atoms. The van der Waals surface area contributed by atoms with Crippen molar-refractivity contribution in [2.45, 2.75) is 11.1 Å². The molecule has 0 spiro atoms. The SMILES string of the molecule is O=C(COC(=O)CSc1ccccc1[N+](=O)[O-])NCC(F)(F)F. The molecule has 1 N–H and O–H groups in total. The molecule has 1 rings (SSSR count). The van der Waals surface area contributed by atoms with E-state index < -0.39 is 36.1 Å². The van der Waals surface area contributed by atoms with Gasteiger partial charge in [-0.25, -0.2) is 0 Å². The predicted octanol–water partition coefficient (Wildman–Crippen LogP) is 1.91. The van der Waals surface area contributed by atoms with E-state index in [1.807, 2.05) is 0 Å². The molecule has 0 saturated carbocycles. The number of para-hydroxylation sites is 1. The fourth-order valence-corrected chi connectivity index (χ4v) is 2.13. The third-order valence-electron chi connectivity index (χ3n) is 2.26. The van der Waals surface area contributed by atoms with E-state index in [1.54, 1.807) is 6.07 Å². The third-order valence-corrected chi connectivity index (χ3v) is 3.29. The Hall–Kier alpha value is -2.30. The van der Waals surface area contributed by atoms with Gasteiger partial charge >= 0.3 is 12.1 Å². The van der Waals surface area contributed by atoms with Gasteiger partial charge in [-0.05, 0) is 6.07 Å². The summed E-state index contributed by atoms with van der Waals surface area (Å²) in [6.07, 6.45) is -4.55. The predicted molar refractivity (Wildman–Crippen MR) is 73.8 cm³/mol. The van der Waals surface area contributed by atoms with Crippen molar-refractivity contribution in [1.82, 2.24) is 5.32 Å². The first kappa shape index (κ1) is 18.7. The van der Waals surface area contributed by atoms with Crippen LogP contribution >= 0.6 is 11.8 Å². The Morgan fingerprint density at radius 3 is 2.57 bits per heavy atom. The molecule has 1 aromatic rings. The maximum absolute atomic E-state index is 11.8. The minimum absolute atomic E-state index is 0.187. The van der Waals surface area contributed by atoms with Gasteiger partial charge in [-0.15, -0.1) is 11.8 Å². The van der Waals surface area contributed by atoms with Gasteiger partial charge in [0.1, 0.15) is 6.54 Å². The van der Waals surface area contributed by atoms with Crippen LogP contribution in [0.5, 0.6) is 0 Å². The van der Waals surface area contributed by atoms with Gasteiger partial charge in [0.2, 0.25) is 0 Å². The fraction of sp³-hybridized carbons (Fsp3) is 0.333. The number of nitrogens with one attached hydrogen (secondary N) is 1. The Balaban J connectivity index is 2.38. The first-order valence-corrected chi connectivity index (χ1v) is 7.03. The molecule has 0 fully saturated rings. The zero-order valence-electron chi connectivity index (χ0n) is 11.5. The van der Waals surface area contributed by atoms with Crippen molar-refractivity contribution in [2.75, 3.05) is 18.9 Å². The molecule has 0 heterocycles. The summed E-state index contributed by atoms with van der Waals surface area (Å²) in [5.41, 5.74) is -0.187. The summed E-state index contributed by atoms with van der Waals surface area (Å²) < 4.78 is 40.0. The number of nitrogens with zero attached hydrogens (tertiary/aromatic N) is 1. The Morgan fingerprint density at radius 1 is 1.30 bits per heavy atom. The van der Waals surface area contributed by atoms with Crippen molar-refractivity contribution < 1.29 is 32.4 Å². The monoisotopic (exact) mass is 352 g/mol. The summed E-state index contributed by atoms with van der Waals surface area (Å²) in [5, 5.41) is 12.3. The van der Waals surface area contributed by atoms with Gasteiger partial charge in [0.25, 0.3) is 11.6 Å². The van der Waals surface area contributed by atoms with Crippen molar-refractivity contribution in [1.29, 1.82) is 0 Å². The molecule has 7 nitrogen and oxygen atoms in total. The Kier molecular flexibility index (Phi) is 6.82. The Morgan fingerprint density at radius 2 is 1.96 bits per heavy atom. The molecule has 0 unspecified atom stereocenters. The van der Waals surface area contributed by atoms with Gasteiger partial charge in [-0.3, -0.25) is 19.7 Å². The van der Waals surface area contributed by atoms with E-state index in [0.717, 1.165) is 11.8 Å². The lowest BCUT2D eigenvalue weighted by atomic mass is 10.3. The van der Waals surface area contributed by atoms with Crippen molar-refractivity contribution in [3.8, 4) is 0 Å². The molecule has 11 heteroatoms. The van der Waals surface area contributed by atoms with Crippen LogP contribution in [0.15, 0.2) is 29.2 Å². The second-order valence-electron chi connectivity index (χ2n) is 4.07. The first-order valence-electron chi connectivity index (χ1n) is 6.04. The third kappa shape index (κ3) is 7.49. The number of halogens is 3. The van der Waals surface area contributed by atoms with Gasteiger partial charge in [0, 0.05) is 6.07 Å². The zero-order valence-corrected chi connectivity index (χ0v) is 12.3. The number of nitro benzene ring substituents is 1. The van der Waals surface area contributed by atoms with Crippen LogP contribution in [0.25, 0.3) is 0 Å². The van der Waals surface area contributed by atoms with Crippen LogP contribution in [0.1, 0.15) is 0 Å². The van der Waals surface area contributed by atoms with Gasteiger partial charge in [0.05, 0.1) is 15.6 Å². The second-order valence-corrected chi connectivity index (χ2v) is 5.08. The molecule has 23 heavy (non-hydrogen) atoms. The van der Waals surface area contributed by atoms with E-state index in [-0.39, 0.29) is 16.3 Å². The molecule has 0 aromatic heterocycles. The van der Waals surface area contributed by atoms with Crippen molar-refractivity contribution in [3.05, 3.63) is 34.4 Å². The minimum Gasteiger partial charge on any atom is -0.455 e. The molecule has 1 aromatic carbocycles. The van der Waals surface area contributed by atoms with E-state index >= 15 is 0 Å². The lowest BCUT2D eigenvalue weighted by Gasteiger charge is -2.08. The number of hydrogen-bond acceptors (Lipinski definition) is 6. The number of carbonyl (C=O) groups excluding carboxylic acids is 2. The normalized spacial score (nSPS) is 10.9. The van der Waals surface area contributed by atoms with Gasteiger partial charge < -0.3 is 10.1 Å². The summed E-state index contributed by atoms with van der Waals surface area (Å²) in [7, 11) is 0. The highest BCUT2D eigenvalue weighted by molar-refractivity contribution is 8.00. The molecular formula is C12H11F3N2O5S. The van der Waals surface area contributed by atoms with E-state index in [0.29, 0.717) is 0 Å². The summed E-state index contributed by atoms with van der Waals surface area (Å²) in [6.45, 7) is -2.37. The number of ether oxygens (including phenoxy) is 1. The first-order chi connectivity index (χ1) is 10.7. The largest absolute Gasteiger partial charge is 0.455 e. The van der Waals surface area contributed by atoms with E-state index in [9.17, 15) is 32.9 Å². The summed E-state index contributed by atoms with van der Waals surface area (Å²) >= 11 is 0.825. The van der Waals surface area contributed by atoms with Gasteiger partial charge in [0.15, 0.2) is 6.61 Å². The number of hydrogen-bond donors (Lipinski definition) is 1. The molecular weight excluding hydrogens is 341 g/mol. The number of carbonyl (C=O) groups is 2. The lowest BCUT2D eigenvalue weighted by Crippen LogP contribution is -2.36. The highest BCUT2D eigenvalue weighted by atomic mass is 32.2. The Labute approximate surface area is 132 Å². The zero-order chi connectivity index (χ0) is 17.5. The molecule has 0 aliphatic carbocycles. The average Bonchev–Trinajstić information content (AvgIpc) is 2.48. The van der Waals surface area contributed by atoms with Crippen LogP contribution in [0.2, 0.25) is 0 Å². The van der Waals surface area contributed by atoms with Crippen LogP contribution in [0.3, 0.4) is 0 Å². The number of nitro groups is 1. The van der Waals surface area contributed by atoms with Crippen molar-refractivity contribution in [2.24, 2.45) is 0 Å². The minimum atomic E-state index is -4.55. The van der Waals surface area contributed by atoms with Crippen LogP contribution in [0.4, 0.5) is 18.9 Å². The van der Waals surface area contributed by atoms with Crippen molar-refractivity contribution >= 4 is 29.3 Å². The van der Waals surface area contributed by atoms with E-state index in [4.69, 9.17) is 0 Å². The second kappa shape index (κ2) is 8.36. The van der Waals surface area contributed by atoms with Gasteiger partial charge in [-0.1, -0.05) is 12.1 Å². The maximum Gasteiger partial charge on any atom is 0.405 e. The molecule has 0 aliphatic rings. The average molecular weight is 352 g/mol. The summed E-state index contributed by atoms with van der Waals surface area (Å²) in [6, 6.07) is 5.71. The lowest BCUT2D eigenvalue weighted by molar-refractivity contribution is -0.387. The molecule has 0 aliphatic heterocycles. The molecule has 0 saturated heterocycles. The molecule has 1 amide bonds. The summed E-state index contributed by atoms with van der Waals surface area (Å²) in [5.74, 6) is -2.29. The summed E-state index contributed by atoms with van der Waals surface area (Å²) in [4.78, 5) is 32.8. The standard InChI is InChI=1S/C12H11F3N2O5S/c13-12(14,15)7-16-10(18)5-22-11(19)6-23-9-4-2-1-3-8(9)17(20)21/h1-4H,5-7H2,(H,16,18). The number of amides is 1. The van der Waals surface area contributed by atoms with E-state index in [2.05, 4.69) is 4.74 Å². The maximum atomic E-state index is 11.8.